The van der Waals surface area contributed by atoms with Gasteiger partial charge >= 0.3 is 0 Å². The zero-order valence-corrected chi connectivity index (χ0v) is 9.83. The van der Waals surface area contributed by atoms with Gasteiger partial charge in [0.25, 0.3) is 0 Å². The first kappa shape index (κ1) is 12.4. The normalized spacial score (nSPS) is 14.9. The van der Waals surface area contributed by atoms with Crippen LogP contribution in [0.25, 0.3) is 0 Å². The molecule has 0 radical (unpaired) electrons. The summed E-state index contributed by atoms with van der Waals surface area (Å²) in [4.78, 5) is 3.94. The lowest BCUT2D eigenvalue weighted by atomic mass is 10.1. The summed E-state index contributed by atoms with van der Waals surface area (Å²) >= 11 is 5.81. The molecule has 0 aromatic carbocycles. The van der Waals surface area contributed by atoms with E-state index in [0.29, 0.717) is 5.15 Å². The molecule has 0 aliphatic rings. The van der Waals surface area contributed by atoms with Gasteiger partial charge in [-0.05, 0) is 38.0 Å². The van der Waals surface area contributed by atoms with E-state index in [1.165, 1.54) is 0 Å². The maximum Gasteiger partial charge on any atom is 0.129 e. The highest BCUT2D eigenvalue weighted by Gasteiger charge is 2.09. The monoisotopic (exact) mass is 228 g/mol. The van der Waals surface area contributed by atoms with Crippen LogP contribution in [0.3, 0.4) is 0 Å². The van der Waals surface area contributed by atoms with Crippen LogP contribution in [0.4, 0.5) is 0 Å². The molecule has 1 heterocycles. The third kappa shape index (κ3) is 4.16. The lowest BCUT2D eigenvalue weighted by molar-refractivity contribution is 0.264. The van der Waals surface area contributed by atoms with Crippen molar-refractivity contribution in [1.29, 1.82) is 0 Å². The SMILES string of the molecule is CC(N[C@H](C)CCO)c1ccnc(Cl)c1. The molecule has 0 saturated heterocycles. The van der Waals surface area contributed by atoms with E-state index >= 15 is 0 Å². The summed E-state index contributed by atoms with van der Waals surface area (Å²) in [5.41, 5.74) is 1.11. The second-order valence-corrected chi connectivity index (χ2v) is 4.10. The molecule has 0 amide bonds. The Bertz CT molecular complexity index is 306. The van der Waals surface area contributed by atoms with Gasteiger partial charge in [-0.2, -0.15) is 0 Å². The smallest absolute Gasteiger partial charge is 0.129 e. The number of hydrogen-bond donors (Lipinski definition) is 2. The second kappa shape index (κ2) is 6.05. The number of pyridine rings is 1. The zero-order chi connectivity index (χ0) is 11.3. The summed E-state index contributed by atoms with van der Waals surface area (Å²) in [7, 11) is 0. The van der Waals surface area contributed by atoms with Gasteiger partial charge in [0.2, 0.25) is 0 Å². The average molecular weight is 229 g/mol. The van der Waals surface area contributed by atoms with Crippen LogP contribution < -0.4 is 5.32 Å². The lowest BCUT2D eigenvalue weighted by Crippen LogP contribution is -2.29. The zero-order valence-electron chi connectivity index (χ0n) is 9.07. The summed E-state index contributed by atoms with van der Waals surface area (Å²) in [6.45, 7) is 4.33. The number of rotatable bonds is 5. The Balaban J connectivity index is 2.56. The molecule has 1 rings (SSSR count). The van der Waals surface area contributed by atoms with Crippen molar-refractivity contribution in [2.24, 2.45) is 0 Å². The van der Waals surface area contributed by atoms with E-state index in [4.69, 9.17) is 16.7 Å². The van der Waals surface area contributed by atoms with Crippen LogP contribution in [0.5, 0.6) is 0 Å². The van der Waals surface area contributed by atoms with Crippen molar-refractivity contribution in [3.05, 3.63) is 29.0 Å². The lowest BCUT2D eigenvalue weighted by Gasteiger charge is -2.19. The van der Waals surface area contributed by atoms with Gasteiger partial charge in [-0.25, -0.2) is 4.98 Å². The number of aliphatic hydroxyl groups excluding tert-OH is 1. The summed E-state index contributed by atoms with van der Waals surface area (Å²) in [6, 6.07) is 4.30. The number of aromatic nitrogens is 1. The molecular weight excluding hydrogens is 212 g/mol. The Morgan fingerprint density at radius 2 is 2.27 bits per heavy atom. The minimum atomic E-state index is 0.206. The summed E-state index contributed by atoms with van der Waals surface area (Å²) in [5, 5.41) is 12.7. The fraction of sp³-hybridized carbons (Fsp3) is 0.545. The first-order valence-corrected chi connectivity index (χ1v) is 5.49. The van der Waals surface area contributed by atoms with E-state index in [0.717, 1.165) is 12.0 Å². The highest BCUT2D eigenvalue weighted by atomic mass is 35.5. The molecule has 2 atom stereocenters. The first-order valence-electron chi connectivity index (χ1n) is 5.12. The van der Waals surface area contributed by atoms with E-state index in [-0.39, 0.29) is 18.7 Å². The van der Waals surface area contributed by atoms with Crippen LogP contribution >= 0.6 is 11.6 Å². The van der Waals surface area contributed by atoms with Gasteiger partial charge in [0, 0.05) is 24.9 Å². The second-order valence-electron chi connectivity index (χ2n) is 3.71. The topological polar surface area (TPSA) is 45.1 Å². The maximum absolute atomic E-state index is 8.79. The van der Waals surface area contributed by atoms with Crippen molar-refractivity contribution in [2.75, 3.05) is 6.61 Å². The van der Waals surface area contributed by atoms with Crippen LogP contribution in [-0.4, -0.2) is 22.7 Å². The van der Waals surface area contributed by atoms with Crippen molar-refractivity contribution >= 4 is 11.6 Å². The van der Waals surface area contributed by atoms with E-state index in [9.17, 15) is 0 Å². The Morgan fingerprint density at radius 1 is 1.53 bits per heavy atom. The van der Waals surface area contributed by atoms with E-state index in [1.807, 2.05) is 12.1 Å². The molecule has 0 aliphatic heterocycles. The maximum atomic E-state index is 8.79. The molecule has 3 nitrogen and oxygen atoms in total. The Morgan fingerprint density at radius 3 is 2.87 bits per heavy atom. The molecule has 0 saturated carbocycles. The summed E-state index contributed by atoms with van der Waals surface area (Å²) in [5.74, 6) is 0. The summed E-state index contributed by atoms with van der Waals surface area (Å²) in [6.07, 6.45) is 2.45. The molecule has 4 heteroatoms. The van der Waals surface area contributed by atoms with Crippen molar-refractivity contribution in [3.63, 3.8) is 0 Å². The first-order chi connectivity index (χ1) is 7.13. The molecule has 1 aromatic rings. The fourth-order valence-corrected chi connectivity index (χ4v) is 1.67. The van der Waals surface area contributed by atoms with Crippen molar-refractivity contribution in [3.8, 4) is 0 Å². The average Bonchev–Trinajstić information content (AvgIpc) is 2.18. The molecule has 0 bridgehead atoms. The highest BCUT2D eigenvalue weighted by Crippen LogP contribution is 2.15. The van der Waals surface area contributed by atoms with Crippen LogP contribution in [0, 0.1) is 0 Å². The third-order valence-corrected chi connectivity index (χ3v) is 2.55. The minimum Gasteiger partial charge on any atom is -0.396 e. The number of halogens is 1. The number of aliphatic hydroxyl groups is 1. The standard InChI is InChI=1S/C11H17ClN2O/c1-8(4-6-15)14-9(2)10-3-5-13-11(12)7-10/h3,5,7-9,14-15H,4,6H2,1-2H3/t8-,9?/m1/s1. The van der Waals surface area contributed by atoms with Gasteiger partial charge in [0.05, 0.1) is 0 Å². The van der Waals surface area contributed by atoms with Crippen LogP contribution in [0.1, 0.15) is 31.9 Å². The van der Waals surface area contributed by atoms with E-state index in [2.05, 4.69) is 24.1 Å². The molecule has 0 spiro atoms. The number of hydrogen-bond acceptors (Lipinski definition) is 3. The molecule has 15 heavy (non-hydrogen) atoms. The van der Waals surface area contributed by atoms with Crippen molar-refractivity contribution < 1.29 is 5.11 Å². The molecule has 1 aromatic heterocycles. The third-order valence-electron chi connectivity index (χ3n) is 2.35. The van der Waals surface area contributed by atoms with Gasteiger partial charge in [0.15, 0.2) is 0 Å². The fourth-order valence-electron chi connectivity index (χ4n) is 1.49. The van der Waals surface area contributed by atoms with E-state index in [1.54, 1.807) is 6.20 Å². The van der Waals surface area contributed by atoms with Gasteiger partial charge in [-0.1, -0.05) is 11.6 Å². The van der Waals surface area contributed by atoms with Crippen molar-refractivity contribution in [1.82, 2.24) is 10.3 Å². The summed E-state index contributed by atoms with van der Waals surface area (Å²) < 4.78 is 0. The Labute approximate surface area is 95.5 Å². The Hall–Kier alpha value is -0.640. The Kier molecular flexibility index (Phi) is 5.02. The molecular formula is C11H17ClN2O. The molecule has 1 unspecified atom stereocenters. The van der Waals surface area contributed by atoms with Crippen LogP contribution in [0.15, 0.2) is 18.3 Å². The number of nitrogens with zero attached hydrogens (tertiary/aromatic N) is 1. The highest BCUT2D eigenvalue weighted by molar-refractivity contribution is 6.29. The van der Waals surface area contributed by atoms with Gasteiger partial charge in [-0.15, -0.1) is 0 Å². The van der Waals surface area contributed by atoms with E-state index < -0.39 is 0 Å². The predicted molar refractivity (Wildman–Crippen MR) is 62.0 cm³/mol. The molecule has 0 fully saturated rings. The predicted octanol–water partition coefficient (Wildman–Crippen LogP) is 2.16. The van der Waals surface area contributed by atoms with Gasteiger partial charge < -0.3 is 10.4 Å². The molecule has 2 N–H and O–H groups in total. The quantitative estimate of drug-likeness (QED) is 0.760. The van der Waals surface area contributed by atoms with Crippen molar-refractivity contribution in [2.45, 2.75) is 32.4 Å². The molecule has 84 valence electrons. The minimum absolute atomic E-state index is 0.206. The van der Waals surface area contributed by atoms with Gasteiger partial charge in [-0.3, -0.25) is 0 Å². The largest absolute Gasteiger partial charge is 0.396 e. The van der Waals surface area contributed by atoms with Crippen LogP contribution in [0.2, 0.25) is 5.15 Å². The van der Waals surface area contributed by atoms with Crippen LogP contribution in [-0.2, 0) is 0 Å². The molecule has 0 aliphatic carbocycles. The number of nitrogens with one attached hydrogen (secondary N) is 1. The van der Waals surface area contributed by atoms with Gasteiger partial charge in [0.1, 0.15) is 5.15 Å².